The van der Waals surface area contributed by atoms with Crippen LogP contribution in [0.25, 0.3) is 0 Å². The van der Waals surface area contributed by atoms with E-state index in [1.54, 1.807) is 18.0 Å². The normalized spacial score (nSPS) is 26.2. The number of nitrogens with zero attached hydrogens (tertiary/aromatic N) is 2. The molecule has 24 heavy (non-hydrogen) atoms. The number of rotatable bonds is 2. The summed E-state index contributed by atoms with van der Waals surface area (Å²) in [6.07, 6.45) is -3.90. The molecule has 0 radical (unpaired) electrons. The second kappa shape index (κ2) is 6.37. The quantitative estimate of drug-likeness (QED) is 0.827. The van der Waals surface area contributed by atoms with Crippen molar-refractivity contribution in [3.8, 4) is 0 Å². The van der Waals surface area contributed by atoms with E-state index in [0.29, 0.717) is 51.4 Å². The number of alkyl halides is 3. The van der Waals surface area contributed by atoms with E-state index in [9.17, 15) is 18.0 Å². The maximum Gasteiger partial charge on any atom is 0.416 e. The van der Waals surface area contributed by atoms with Crippen LogP contribution in [-0.2, 0) is 22.3 Å². The molecule has 1 amide bonds. The van der Waals surface area contributed by atoms with Crippen LogP contribution in [0.2, 0.25) is 0 Å². The van der Waals surface area contributed by atoms with Gasteiger partial charge < -0.3 is 9.64 Å². The molecule has 2 saturated heterocycles. The third-order valence-electron chi connectivity index (χ3n) is 4.70. The molecule has 2 heterocycles. The first kappa shape index (κ1) is 17.2. The number of carbonyl (C=O) groups is 1. The minimum atomic E-state index is -4.33. The third-order valence-corrected chi connectivity index (χ3v) is 4.70. The van der Waals surface area contributed by atoms with Gasteiger partial charge in [-0.15, -0.1) is 0 Å². The number of hydrogen-bond acceptors (Lipinski definition) is 3. The maximum absolute atomic E-state index is 12.9. The molecule has 2 aliphatic rings. The summed E-state index contributed by atoms with van der Waals surface area (Å²) in [6.45, 7) is 3.40. The van der Waals surface area contributed by atoms with Gasteiger partial charge in [0.05, 0.1) is 18.8 Å². The average Bonchev–Trinajstić information content (AvgIpc) is 2.66. The molecule has 0 unspecified atom stereocenters. The van der Waals surface area contributed by atoms with E-state index < -0.39 is 11.7 Å². The fourth-order valence-corrected chi connectivity index (χ4v) is 3.63. The Morgan fingerprint density at radius 1 is 1.29 bits per heavy atom. The average molecular weight is 342 g/mol. The summed E-state index contributed by atoms with van der Waals surface area (Å²) in [4.78, 5) is 15.7. The lowest BCUT2D eigenvalue weighted by Gasteiger charge is -2.31. The minimum absolute atomic E-state index is 0.0968. The van der Waals surface area contributed by atoms with Crippen LogP contribution in [0.5, 0.6) is 0 Å². The number of halogens is 3. The predicted molar refractivity (Wildman–Crippen MR) is 82.2 cm³/mol. The summed E-state index contributed by atoms with van der Waals surface area (Å²) in [5.74, 6) is 0.0968. The fraction of sp³-hybridized carbons (Fsp3) is 0.588. The molecular formula is C17H21F3N2O2. The topological polar surface area (TPSA) is 32.8 Å². The Hall–Kier alpha value is -1.60. The first-order chi connectivity index (χ1) is 11.3. The zero-order valence-corrected chi connectivity index (χ0v) is 13.6. The second-order valence-corrected chi connectivity index (χ2v) is 6.89. The first-order valence-corrected chi connectivity index (χ1v) is 7.98. The molecule has 0 N–H and O–H groups in total. The van der Waals surface area contributed by atoms with Gasteiger partial charge in [0.15, 0.2) is 0 Å². The number of likely N-dealkylation sites (tertiary alicyclic amines) is 1. The lowest BCUT2D eigenvalue weighted by atomic mass is 9.87. The first-order valence-electron chi connectivity index (χ1n) is 7.98. The summed E-state index contributed by atoms with van der Waals surface area (Å²) in [5, 5.41) is 0. The summed E-state index contributed by atoms with van der Waals surface area (Å²) < 4.78 is 44.3. The van der Waals surface area contributed by atoms with E-state index >= 15 is 0 Å². The van der Waals surface area contributed by atoms with Gasteiger partial charge in [0, 0.05) is 45.1 Å². The second-order valence-electron chi connectivity index (χ2n) is 6.89. The highest BCUT2D eigenvalue weighted by Gasteiger charge is 2.44. The van der Waals surface area contributed by atoms with Crippen molar-refractivity contribution in [2.45, 2.75) is 19.1 Å². The van der Waals surface area contributed by atoms with Gasteiger partial charge in [0.25, 0.3) is 0 Å². The van der Waals surface area contributed by atoms with E-state index in [-0.39, 0.29) is 11.3 Å². The van der Waals surface area contributed by atoms with Crippen LogP contribution < -0.4 is 0 Å². The van der Waals surface area contributed by atoms with Gasteiger partial charge in [-0.25, -0.2) is 0 Å². The Labute approximate surface area is 139 Å². The van der Waals surface area contributed by atoms with Crippen LogP contribution in [0, 0.1) is 5.41 Å². The molecule has 2 fully saturated rings. The van der Waals surface area contributed by atoms with E-state index in [0.717, 1.165) is 6.07 Å². The van der Waals surface area contributed by atoms with Crippen LogP contribution in [0.1, 0.15) is 17.5 Å². The highest BCUT2D eigenvalue weighted by atomic mass is 19.4. The lowest BCUT2D eigenvalue weighted by molar-refractivity contribution is -0.137. The number of hydrogen-bond donors (Lipinski definition) is 0. The van der Waals surface area contributed by atoms with Crippen molar-refractivity contribution in [2.24, 2.45) is 5.41 Å². The van der Waals surface area contributed by atoms with Crippen molar-refractivity contribution >= 4 is 5.91 Å². The number of amides is 1. The largest absolute Gasteiger partial charge is 0.416 e. The van der Waals surface area contributed by atoms with E-state index in [4.69, 9.17) is 4.74 Å². The van der Waals surface area contributed by atoms with Gasteiger partial charge in [-0.3, -0.25) is 9.69 Å². The molecule has 3 rings (SSSR count). The Morgan fingerprint density at radius 3 is 2.75 bits per heavy atom. The molecule has 0 aliphatic carbocycles. The summed E-state index contributed by atoms with van der Waals surface area (Å²) >= 11 is 0. The van der Waals surface area contributed by atoms with Crippen LogP contribution in [0.15, 0.2) is 24.3 Å². The number of benzene rings is 1. The molecule has 7 heteroatoms. The zero-order valence-electron chi connectivity index (χ0n) is 13.6. The van der Waals surface area contributed by atoms with Crippen molar-refractivity contribution in [2.75, 3.05) is 39.9 Å². The Balaban J connectivity index is 1.74. The van der Waals surface area contributed by atoms with E-state index in [1.807, 2.05) is 0 Å². The van der Waals surface area contributed by atoms with Crippen molar-refractivity contribution in [3.63, 3.8) is 0 Å². The Bertz CT molecular complexity index is 620. The smallest absolute Gasteiger partial charge is 0.379 e. The van der Waals surface area contributed by atoms with Gasteiger partial charge in [0.1, 0.15) is 0 Å². The summed E-state index contributed by atoms with van der Waals surface area (Å²) in [6, 6.07) is 5.43. The lowest BCUT2D eigenvalue weighted by Crippen LogP contribution is -2.40. The van der Waals surface area contributed by atoms with Gasteiger partial charge in [-0.1, -0.05) is 18.2 Å². The minimum Gasteiger partial charge on any atom is -0.379 e. The fourth-order valence-electron chi connectivity index (χ4n) is 3.63. The van der Waals surface area contributed by atoms with Crippen molar-refractivity contribution in [1.82, 2.24) is 9.80 Å². The number of carbonyl (C=O) groups excluding carboxylic acids is 1. The van der Waals surface area contributed by atoms with Gasteiger partial charge in [-0.2, -0.15) is 13.2 Å². The highest BCUT2D eigenvalue weighted by Crippen LogP contribution is 2.34. The van der Waals surface area contributed by atoms with Gasteiger partial charge >= 0.3 is 6.18 Å². The molecule has 1 spiro atoms. The molecule has 2 aliphatic heterocycles. The van der Waals surface area contributed by atoms with Crippen LogP contribution in [-0.4, -0.2) is 55.6 Å². The molecule has 132 valence electrons. The zero-order chi connectivity index (χ0) is 17.4. The molecule has 1 aromatic carbocycles. The van der Waals surface area contributed by atoms with Crippen LogP contribution in [0.4, 0.5) is 13.2 Å². The highest BCUT2D eigenvalue weighted by molar-refractivity contribution is 5.79. The molecule has 4 nitrogen and oxygen atoms in total. The summed E-state index contributed by atoms with van der Waals surface area (Å²) in [7, 11) is 1.78. The van der Waals surface area contributed by atoms with Crippen LogP contribution in [0.3, 0.4) is 0 Å². The van der Waals surface area contributed by atoms with Crippen molar-refractivity contribution in [1.29, 1.82) is 0 Å². The molecular weight excluding hydrogens is 321 g/mol. The predicted octanol–water partition coefficient (Wildman–Crippen LogP) is 2.39. The molecule has 1 aromatic rings. The Kier molecular flexibility index (Phi) is 4.57. The van der Waals surface area contributed by atoms with Gasteiger partial charge in [0.2, 0.25) is 5.91 Å². The number of ether oxygens (including phenoxy) is 1. The van der Waals surface area contributed by atoms with E-state index in [2.05, 4.69) is 4.90 Å². The third kappa shape index (κ3) is 3.72. The SMILES string of the molecule is CN1C[C@@]2(COCCN(Cc3cccc(C(F)(F)F)c3)C2)CC1=O. The summed E-state index contributed by atoms with van der Waals surface area (Å²) in [5.41, 5.74) is -0.264. The standard InChI is InChI=1S/C17H21F3N2O2/c1-21-10-16(8-15(21)23)11-22(5-6-24-12-16)9-13-3-2-4-14(7-13)17(18,19)20/h2-4,7H,5-6,8-12H2,1H3/t16-/m0/s1. The van der Waals surface area contributed by atoms with Crippen molar-refractivity contribution < 1.29 is 22.7 Å². The van der Waals surface area contributed by atoms with Crippen molar-refractivity contribution in [3.05, 3.63) is 35.4 Å². The monoisotopic (exact) mass is 342 g/mol. The van der Waals surface area contributed by atoms with Gasteiger partial charge in [-0.05, 0) is 11.6 Å². The molecule has 0 saturated carbocycles. The van der Waals surface area contributed by atoms with E-state index in [1.165, 1.54) is 12.1 Å². The molecule has 0 bridgehead atoms. The molecule has 0 aromatic heterocycles. The molecule has 1 atom stereocenters. The Morgan fingerprint density at radius 2 is 2.08 bits per heavy atom. The maximum atomic E-state index is 12.9. The van der Waals surface area contributed by atoms with Crippen LogP contribution >= 0.6 is 0 Å².